The molecular weight excluding hydrogens is 461 g/mol. The van der Waals surface area contributed by atoms with E-state index in [0.29, 0.717) is 15.4 Å². The molecule has 5 nitrogen and oxygen atoms in total. The first kappa shape index (κ1) is 21.5. The van der Waals surface area contributed by atoms with Crippen LogP contribution in [0.3, 0.4) is 0 Å². The molecule has 1 amide bonds. The maximum Gasteiger partial charge on any atom is 0.291 e. The fraction of sp³-hybridized carbons (Fsp3) is 0.176. The van der Waals surface area contributed by atoms with E-state index in [1.807, 2.05) is 0 Å². The van der Waals surface area contributed by atoms with Crippen LogP contribution in [0.25, 0.3) is 0 Å². The molecule has 0 aliphatic carbocycles. The zero-order valence-corrected chi connectivity index (χ0v) is 16.4. The van der Waals surface area contributed by atoms with Crippen molar-refractivity contribution in [2.75, 3.05) is 5.32 Å². The lowest BCUT2D eigenvalue weighted by Crippen LogP contribution is -2.11. The van der Waals surface area contributed by atoms with Gasteiger partial charge in [-0.2, -0.15) is 5.10 Å². The van der Waals surface area contributed by atoms with E-state index >= 15 is 0 Å². The molecule has 0 unspecified atom stereocenters. The summed E-state index contributed by atoms with van der Waals surface area (Å²) in [5, 5.41) is 5.69. The fourth-order valence-electron chi connectivity index (χ4n) is 2.44. The Morgan fingerprint density at radius 2 is 1.79 bits per heavy atom. The summed E-state index contributed by atoms with van der Waals surface area (Å²) in [5.41, 5.74) is -1.46. The van der Waals surface area contributed by atoms with Crippen molar-refractivity contribution in [3.63, 3.8) is 0 Å². The van der Waals surface area contributed by atoms with Gasteiger partial charge >= 0.3 is 0 Å². The zero-order valence-electron chi connectivity index (χ0n) is 14.1. The van der Waals surface area contributed by atoms with E-state index in [0.717, 1.165) is 0 Å². The largest absolute Gasteiger partial charge is 0.454 e. The summed E-state index contributed by atoms with van der Waals surface area (Å²) in [4.78, 5) is 12.3. The third kappa shape index (κ3) is 4.68. The Morgan fingerprint density at radius 3 is 2.41 bits per heavy atom. The highest BCUT2D eigenvalue weighted by molar-refractivity contribution is 6.42. The van der Waals surface area contributed by atoms with Crippen molar-refractivity contribution in [3.8, 4) is 0 Å². The van der Waals surface area contributed by atoms with Crippen LogP contribution in [0.4, 0.5) is 23.2 Å². The smallest absolute Gasteiger partial charge is 0.291 e. The number of hydrogen-bond donors (Lipinski definition) is 1. The van der Waals surface area contributed by atoms with Gasteiger partial charge in [-0.3, -0.25) is 9.48 Å². The number of hydrogen-bond acceptors (Lipinski definition) is 3. The van der Waals surface area contributed by atoms with Gasteiger partial charge in [0.1, 0.15) is 17.1 Å². The molecule has 0 aliphatic heterocycles. The normalized spacial score (nSPS) is 11.5. The van der Waals surface area contributed by atoms with Gasteiger partial charge in [-0.25, -0.2) is 17.6 Å². The molecule has 0 fully saturated rings. The fourth-order valence-corrected chi connectivity index (χ4v) is 3.04. The first-order valence-electron chi connectivity index (χ1n) is 7.85. The van der Waals surface area contributed by atoms with Crippen LogP contribution in [-0.2, 0) is 6.54 Å². The molecule has 1 N–H and O–H groups in total. The molecule has 3 aromatic rings. The molecule has 0 radical (unpaired) electrons. The van der Waals surface area contributed by atoms with Crippen LogP contribution >= 0.6 is 34.8 Å². The second-order valence-electron chi connectivity index (χ2n) is 5.69. The van der Waals surface area contributed by atoms with Crippen molar-refractivity contribution in [1.82, 2.24) is 9.78 Å². The van der Waals surface area contributed by atoms with E-state index in [9.17, 15) is 22.4 Å². The van der Waals surface area contributed by atoms with Crippen LogP contribution in [-0.4, -0.2) is 15.7 Å². The lowest BCUT2D eigenvalue weighted by molar-refractivity contribution is 0.0994. The molecule has 2 aromatic heterocycles. The molecule has 154 valence electrons. The Hall–Kier alpha value is -2.23. The van der Waals surface area contributed by atoms with Crippen molar-refractivity contribution in [1.29, 1.82) is 0 Å². The standard InChI is InChI=1S/C17H10Cl3F4N3O2/c18-9-3-1-7(5-10(9)19)25-17(28)11-4-2-8(29-11)6-27-14(16(23)24)12(20)13(26-27)15(21)22/h1-5,15-16H,6H2,(H,25,28). The average Bonchev–Trinajstić information content (AvgIpc) is 3.23. The minimum Gasteiger partial charge on any atom is -0.454 e. The number of carbonyl (C=O) groups is 1. The third-order valence-electron chi connectivity index (χ3n) is 3.74. The van der Waals surface area contributed by atoms with Crippen LogP contribution in [0.2, 0.25) is 15.1 Å². The quantitative estimate of drug-likeness (QED) is 0.412. The summed E-state index contributed by atoms with van der Waals surface area (Å²) < 4.78 is 58.1. The summed E-state index contributed by atoms with van der Waals surface area (Å²) >= 11 is 17.3. The van der Waals surface area contributed by atoms with Crippen LogP contribution < -0.4 is 5.32 Å². The molecule has 0 aliphatic rings. The maximum atomic E-state index is 13.2. The molecule has 2 heterocycles. The van der Waals surface area contributed by atoms with Gasteiger partial charge < -0.3 is 9.73 Å². The number of aromatic nitrogens is 2. The molecule has 0 spiro atoms. The zero-order chi connectivity index (χ0) is 21.3. The average molecular weight is 471 g/mol. The van der Waals surface area contributed by atoms with Gasteiger partial charge in [0.05, 0.1) is 21.6 Å². The van der Waals surface area contributed by atoms with Crippen molar-refractivity contribution < 1.29 is 26.8 Å². The predicted molar refractivity (Wildman–Crippen MR) is 99.4 cm³/mol. The van der Waals surface area contributed by atoms with Crippen LogP contribution in [0.5, 0.6) is 0 Å². The summed E-state index contributed by atoms with van der Waals surface area (Å²) in [6.07, 6.45) is -6.25. The Bertz CT molecular complexity index is 1050. The Labute approximate surface area is 176 Å². The number of amides is 1. The number of carbonyl (C=O) groups excluding carboxylic acids is 1. The molecule has 12 heteroatoms. The monoisotopic (exact) mass is 469 g/mol. The van der Waals surface area contributed by atoms with E-state index < -0.39 is 41.7 Å². The first-order valence-corrected chi connectivity index (χ1v) is 8.98. The van der Waals surface area contributed by atoms with E-state index in [-0.39, 0.29) is 16.5 Å². The molecule has 0 saturated heterocycles. The number of anilines is 1. The molecule has 29 heavy (non-hydrogen) atoms. The molecule has 3 rings (SSSR count). The summed E-state index contributed by atoms with van der Waals surface area (Å²) in [6.45, 7) is -0.424. The highest BCUT2D eigenvalue weighted by atomic mass is 35.5. The van der Waals surface area contributed by atoms with Gasteiger partial charge in [0.2, 0.25) is 0 Å². The topological polar surface area (TPSA) is 60.1 Å². The van der Waals surface area contributed by atoms with Crippen molar-refractivity contribution >= 4 is 46.4 Å². The van der Waals surface area contributed by atoms with E-state index in [1.54, 1.807) is 0 Å². The minimum absolute atomic E-state index is 0.0335. The molecular formula is C17H10Cl3F4N3O2. The second kappa shape index (κ2) is 8.64. The van der Waals surface area contributed by atoms with Crippen LogP contribution in [0, 0.1) is 0 Å². The van der Waals surface area contributed by atoms with Gasteiger partial charge in [0, 0.05) is 5.69 Å². The van der Waals surface area contributed by atoms with Crippen LogP contribution in [0.1, 0.15) is 40.6 Å². The lowest BCUT2D eigenvalue weighted by Gasteiger charge is -2.06. The maximum absolute atomic E-state index is 13.2. The number of halogens is 7. The number of nitrogens with zero attached hydrogens (tertiary/aromatic N) is 2. The number of nitrogens with one attached hydrogen (secondary N) is 1. The van der Waals surface area contributed by atoms with Gasteiger partial charge in [-0.05, 0) is 30.3 Å². The van der Waals surface area contributed by atoms with Gasteiger partial charge in [-0.15, -0.1) is 0 Å². The van der Waals surface area contributed by atoms with Crippen molar-refractivity contribution in [3.05, 3.63) is 68.3 Å². The number of benzene rings is 1. The molecule has 0 saturated carbocycles. The minimum atomic E-state index is -3.13. The summed E-state index contributed by atoms with van der Waals surface area (Å²) in [6, 6.07) is 7.06. The molecule has 1 aromatic carbocycles. The Morgan fingerprint density at radius 1 is 1.07 bits per heavy atom. The van der Waals surface area contributed by atoms with E-state index in [1.165, 1.54) is 30.3 Å². The molecule has 0 atom stereocenters. The Kier molecular flexibility index (Phi) is 6.40. The molecule has 0 bridgehead atoms. The Balaban J connectivity index is 1.79. The van der Waals surface area contributed by atoms with Gasteiger partial charge in [-0.1, -0.05) is 34.8 Å². The predicted octanol–water partition coefficient (Wildman–Crippen LogP) is 6.61. The number of alkyl halides is 4. The number of rotatable bonds is 6. The van der Waals surface area contributed by atoms with Crippen LogP contribution in [0.15, 0.2) is 34.7 Å². The van der Waals surface area contributed by atoms with E-state index in [4.69, 9.17) is 39.2 Å². The third-order valence-corrected chi connectivity index (χ3v) is 4.86. The first-order chi connectivity index (χ1) is 13.7. The van der Waals surface area contributed by atoms with Gasteiger partial charge in [0.25, 0.3) is 18.8 Å². The SMILES string of the molecule is O=C(Nc1ccc(Cl)c(Cl)c1)c1ccc(Cn2nc(C(F)F)c(Cl)c2C(F)F)o1. The van der Waals surface area contributed by atoms with Crippen molar-refractivity contribution in [2.24, 2.45) is 0 Å². The second-order valence-corrected chi connectivity index (χ2v) is 6.88. The summed E-state index contributed by atoms with van der Waals surface area (Å²) in [7, 11) is 0. The van der Waals surface area contributed by atoms with Gasteiger partial charge in [0.15, 0.2) is 5.76 Å². The van der Waals surface area contributed by atoms with Crippen molar-refractivity contribution in [2.45, 2.75) is 19.4 Å². The highest BCUT2D eigenvalue weighted by Gasteiger charge is 2.28. The van der Waals surface area contributed by atoms with E-state index in [2.05, 4.69) is 10.4 Å². The highest BCUT2D eigenvalue weighted by Crippen LogP contribution is 2.35. The lowest BCUT2D eigenvalue weighted by atomic mass is 10.3. The summed E-state index contributed by atoms with van der Waals surface area (Å²) in [5.74, 6) is -0.751. The number of furan rings is 1.